The van der Waals surface area contributed by atoms with E-state index in [1.54, 1.807) is 24.5 Å². The van der Waals surface area contributed by atoms with E-state index in [-0.39, 0.29) is 23.7 Å². The van der Waals surface area contributed by atoms with Crippen molar-refractivity contribution in [2.45, 2.75) is 43.6 Å². The SMILES string of the molecule is CN(c1cnc(-c2ccc(C3=CC(=O)NC3)cc2O)cn1)[C@H]1C[C@@H]2CCC(N2)[C@H]1F. The number of phenolic OH excluding ortho intramolecular Hbond substituents is 1. The van der Waals surface area contributed by atoms with Crippen LogP contribution in [0, 0.1) is 0 Å². The number of anilines is 1. The molecule has 0 saturated carbocycles. The summed E-state index contributed by atoms with van der Waals surface area (Å²) in [6, 6.07) is 5.33. The van der Waals surface area contributed by atoms with Crippen molar-refractivity contribution in [2.75, 3.05) is 18.5 Å². The smallest absolute Gasteiger partial charge is 0.244 e. The number of rotatable bonds is 4. The Kier molecular flexibility index (Phi) is 4.66. The molecule has 3 aliphatic heterocycles. The molecule has 8 heteroatoms. The number of halogens is 1. The van der Waals surface area contributed by atoms with Crippen molar-refractivity contribution < 1.29 is 14.3 Å². The van der Waals surface area contributed by atoms with E-state index in [0.29, 0.717) is 29.7 Å². The Morgan fingerprint density at radius 2 is 2.10 bits per heavy atom. The number of carbonyl (C=O) groups excluding carboxylic acids is 1. The van der Waals surface area contributed by atoms with Gasteiger partial charge in [-0.3, -0.25) is 9.78 Å². The summed E-state index contributed by atoms with van der Waals surface area (Å²) in [5.74, 6) is 0.558. The molecule has 2 fully saturated rings. The Balaban J connectivity index is 1.35. The molecule has 2 bridgehead atoms. The molecule has 7 nitrogen and oxygen atoms in total. The third-order valence-electron chi connectivity index (χ3n) is 6.45. The number of hydrogen-bond donors (Lipinski definition) is 3. The normalized spacial score (nSPS) is 27.7. The standard InChI is InChI=1S/C22H24FN5O2/c1-28(18-8-14-3-5-16(27-14)22(18)23)20-11-24-17(10-25-20)15-4-2-12(6-19(15)29)13-7-21(30)26-9-13/h2,4,6-7,10-11,14,16,18,22,27,29H,3,5,8-9H2,1H3,(H,26,30)/t14-,16?,18-,22+/m0/s1. The van der Waals surface area contributed by atoms with Gasteiger partial charge < -0.3 is 20.6 Å². The number of carbonyl (C=O) groups is 1. The van der Waals surface area contributed by atoms with Gasteiger partial charge in [0.15, 0.2) is 0 Å². The molecular formula is C22H24FN5O2. The minimum Gasteiger partial charge on any atom is -0.507 e. The highest BCUT2D eigenvalue weighted by Crippen LogP contribution is 2.34. The molecule has 0 radical (unpaired) electrons. The zero-order valence-corrected chi connectivity index (χ0v) is 16.7. The minimum atomic E-state index is -0.932. The number of piperidine rings is 1. The third kappa shape index (κ3) is 3.31. The van der Waals surface area contributed by atoms with Gasteiger partial charge in [0.05, 0.1) is 24.1 Å². The molecule has 4 heterocycles. The second kappa shape index (κ2) is 7.36. The molecule has 0 spiro atoms. The molecule has 156 valence electrons. The Morgan fingerprint density at radius 3 is 2.80 bits per heavy atom. The number of phenols is 1. The summed E-state index contributed by atoms with van der Waals surface area (Å²) < 4.78 is 14.8. The molecule has 2 aromatic rings. The van der Waals surface area contributed by atoms with E-state index in [9.17, 15) is 14.3 Å². The van der Waals surface area contributed by atoms with Crippen LogP contribution in [0.2, 0.25) is 0 Å². The number of aromatic nitrogens is 2. The summed E-state index contributed by atoms with van der Waals surface area (Å²) in [4.78, 5) is 22.2. The van der Waals surface area contributed by atoms with E-state index in [1.807, 2.05) is 18.0 Å². The van der Waals surface area contributed by atoms with Crippen LogP contribution in [0.3, 0.4) is 0 Å². The largest absolute Gasteiger partial charge is 0.507 e. The lowest BCUT2D eigenvalue weighted by atomic mass is 9.96. The topological polar surface area (TPSA) is 90.4 Å². The van der Waals surface area contributed by atoms with Gasteiger partial charge in [-0.25, -0.2) is 9.37 Å². The zero-order chi connectivity index (χ0) is 20.8. The molecule has 1 amide bonds. The summed E-state index contributed by atoms with van der Waals surface area (Å²) in [7, 11) is 1.86. The van der Waals surface area contributed by atoms with Crippen molar-refractivity contribution in [1.29, 1.82) is 0 Å². The average molecular weight is 409 g/mol. The van der Waals surface area contributed by atoms with E-state index in [0.717, 1.165) is 30.4 Å². The fraction of sp³-hybridized carbons (Fsp3) is 0.409. The highest BCUT2D eigenvalue weighted by molar-refractivity contribution is 6.00. The first-order valence-corrected chi connectivity index (χ1v) is 10.3. The van der Waals surface area contributed by atoms with E-state index in [2.05, 4.69) is 20.6 Å². The molecule has 3 aliphatic rings. The number of nitrogens with zero attached hydrogens (tertiary/aromatic N) is 3. The number of amides is 1. The molecule has 30 heavy (non-hydrogen) atoms. The molecular weight excluding hydrogens is 385 g/mol. The van der Waals surface area contributed by atoms with Gasteiger partial charge in [0, 0.05) is 37.3 Å². The molecule has 4 atom stereocenters. The number of benzene rings is 1. The van der Waals surface area contributed by atoms with Crippen molar-refractivity contribution in [3.8, 4) is 17.0 Å². The van der Waals surface area contributed by atoms with Crippen molar-refractivity contribution in [3.05, 3.63) is 42.2 Å². The van der Waals surface area contributed by atoms with Crippen molar-refractivity contribution in [1.82, 2.24) is 20.6 Å². The maximum atomic E-state index is 14.8. The van der Waals surface area contributed by atoms with Gasteiger partial charge in [-0.1, -0.05) is 6.07 Å². The lowest BCUT2D eigenvalue weighted by Crippen LogP contribution is -2.55. The van der Waals surface area contributed by atoms with Gasteiger partial charge in [-0.2, -0.15) is 0 Å². The summed E-state index contributed by atoms with van der Waals surface area (Å²) in [5, 5.41) is 16.6. The van der Waals surface area contributed by atoms with Crippen LogP contribution in [0.15, 0.2) is 36.7 Å². The van der Waals surface area contributed by atoms with Crippen LogP contribution in [0.1, 0.15) is 24.8 Å². The first-order valence-electron chi connectivity index (χ1n) is 10.3. The van der Waals surface area contributed by atoms with Gasteiger partial charge in [0.25, 0.3) is 0 Å². The maximum absolute atomic E-state index is 14.8. The van der Waals surface area contributed by atoms with E-state index in [4.69, 9.17) is 0 Å². The molecule has 1 unspecified atom stereocenters. The Bertz CT molecular complexity index is 1010. The summed E-state index contributed by atoms with van der Waals surface area (Å²) in [6.45, 7) is 0.451. The van der Waals surface area contributed by atoms with Gasteiger partial charge >= 0.3 is 0 Å². The minimum absolute atomic E-state index is 0.0700. The van der Waals surface area contributed by atoms with Crippen LogP contribution in [0.5, 0.6) is 5.75 Å². The van der Waals surface area contributed by atoms with Crippen LogP contribution >= 0.6 is 0 Å². The fourth-order valence-electron chi connectivity index (χ4n) is 4.74. The predicted octanol–water partition coefficient (Wildman–Crippen LogP) is 2.03. The molecule has 1 aromatic carbocycles. The van der Waals surface area contributed by atoms with Gasteiger partial charge in [-0.05, 0) is 42.5 Å². The first kappa shape index (κ1) is 19.0. The van der Waals surface area contributed by atoms with Gasteiger partial charge in [-0.15, -0.1) is 0 Å². The maximum Gasteiger partial charge on any atom is 0.244 e. The molecule has 3 N–H and O–H groups in total. The first-order chi connectivity index (χ1) is 14.5. The number of hydrogen-bond acceptors (Lipinski definition) is 6. The monoisotopic (exact) mass is 409 g/mol. The predicted molar refractivity (Wildman–Crippen MR) is 112 cm³/mol. The van der Waals surface area contributed by atoms with Crippen LogP contribution in [0.25, 0.3) is 16.8 Å². The van der Waals surface area contributed by atoms with E-state index >= 15 is 0 Å². The number of alkyl halides is 1. The van der Waals surface area contributed by atoms with Crippen molar-refractivity contribution in [3.63, 3.8) is 0 Å². The second-order valence-corrected chi connectivity index (χ2v) is 8.28. The molecule has 0 aliphatic carbocycles. The Labute approximate surface area is 174 Å². The Morgan fingerprint density at radius 1 is 1.23 bits per heavy atom. The lowest BCUT2D eigenvalue weighted by Gasteiger charge is -2.38. The van der Waals surface area contributed by atoms with Gasteiger partial charge in [0.2, 0.25) is 5.91 Å². The third-order valence-corrected chi connectivity index (χ3v) is 6.45. The molecule has 2 saturated heterocycles. The van der Waals surface area contributed by atoms with Crippen molar-refractivity contribution >= 4 is 17.3 Å². The summed E-state index contributed by atoms with van der Waals surface area (Å²) in [6.07, 6.45) is 6.49. The van der Waals surface area contributed by atoms with Crippen LogP contribution in [0.4, 0.5) is 10.2 Å². The number of nitrogens with one attached hydrogen (secondary N) is 2. The summed E-state index contributed by atoms with van der Waals surface area (Å²) >= 11 is 0. The average Bonchev–Trinajstić information content (AvgIpc) is 3.37. The number of aromatic hydroxyl groups is 1. The van der Waals surface area contributed by atoms with Crippen molar-refractivity contribution in [2.24, 2.45) is 0 Å². The fourth-order valence-corrected chi connectivity index (χ4v) is 4.74. The quantitative estimate of drug-likeness (QED) is 0.716. The molecule has 5 rings (SSSR count). The van der Waals surface area contributed by atoms with Crippen LogP contribution in [-0.4, -0.2) is 58.9 Å². The lowest BCUT2D eigenvalue weighted by molar-refractivity contribution is -0.115. The second-order valence-electron chi connectivity index (χ2n) is 8.28. The van der Waals surface area contributed by atoms with Crippen LogP contribution in [-0.2, 0) is 4.79 Å². The summed E-state index contributed by atoms with van der Waals surface area (Å²) in [5.41, 5.74) is 2.71. The molecule has 1 aromatic heterocycles. The highest BCUT2D eigenvalue weighted by Gasteiger charge is 2.43. The van der Waals surface area contributed by atoms with E-state index in [1.165, 1.54) is 6.08 Å². The zero-order valence-electron chi connectivity index (χ0n) is 16.7. The number of fused-ring (bicyclic) bond motifs is 2. The van der Waals surface area contributed by atoms with Crippen LogP contribution < -0.4 is 15.5 Å². The van der Waals surface area contributed by atoms with Gasteiger partial charge in [0.1, 0.15) is 17.7 Å². The highest BCUT2D eigenvalue weighted by atomic mass is 19.1. The van der Waals surface area contributed by atoms with E-state index < -0.39 is 6.17 Å². The Hall–Kier alpha value is -3.00.